The lowest BCUT2D eigenvalue weighted by Gasteiger charge is -2.25. The Balaban J connectivity index is -0.000000208. The van der Waals surface area contributed by atoms with E-state index in [0.29, 0.717) is 5.92 Å². The van der Waals surface area contributed by atoms with Crippen LogP contribution in [0.1, 0.15) is 47.5 Å². The fourth-order valence-corrected chi connectivity index (χ4v) is 1.32. The fourth-order valence-electron chi connectivity index (χ4n) is 1.32. The van der Waals surface area contributed by atoms with Crippen molar-refractivity contribution in [3.63, 3.8) is 0 Å². The van der Waals surface area contributed by atoms with E-state index in [1.54, 1.807) is 7.11 Å². The van der Waals surface area contributed by atoms with Crippen LogP contribution in [0, 0.1) is 5.92 Å². The van der Waals surface area contributed by atoms with Crippen molar-refractivity contribution in [2.75, 3.05) is 33.9 Å². The Morgan fingerprint density at radius 2 is 1.76 bits per heavy atom. The SMILES string of the molecule is CC.CC.CCOC.CN1CCCC(C=O)C1. The topological polar surface area (TPSA) is 29.5 Å². The summed E-state index contributed by atoms with van der Waals surface area (Å²) in [7, 11) is 3.75. The van der Waals surface area contributed by atoms with Crippen LogP contribution >= 0.6 is 0 Å². The number of nitrogens with zero attached hydrogens (tertiary/aromatic N) is 1. The molecule has 106 valence electrons. The second kappa shape index (κ2) is 20.9. The molecule has 1 rings (SSSR count). The number of hydrogen-bond acceptors (Lipinski definition) is 3. The van der Waals surface area contributed by atoms with Crippen LogP contribution in [0.4, 0.5) is 0 Å². The van der Waals surface area contributed by atoms with Gasteiger partial charge in [0.25, 0.3) is 0 Å². The van der Waals surface area contributed by atoms with Crippen LogP contribution in [0.15, 0.2) is 0 Å². The Labute approximate surface area is 109 Å². The van der Waals surface area contributed by atoms with Gasteiger partial charge in [-0.2, -0.15) is 0 Å². The first kappa shape index (κ1) is 21.8. The van der Waals surface area contributed by atoms with Gasteiger partial charge in [0, 0.05) is 26.2 Å². The number of aldehydes is 1. The molecule has 0 saturated carbocycles. The number of carbonyl (C=O) groups excluding carboxylic acids is 1. The van der Waals surface area contributed by atoms with E-state index in [1.807, 2.05) is 34.6 Å². The minimum atomic E-state index is 0.309. The van der Waals surface area contributed by atoms with Crippen molar-refractivity contribution in [1.82, 2.24) is 4.90 Å². The molecule has 0 radical (unpaired) electrons. The number of ether oxygens (including phenoxy) is 1. The van der Waals surface area contributed by atoms with E-state index < -0.39 is 0 Å². The number of hydrogen-bond donors (Lipinski definition) is 0. The summed E-state index contributed by atoms with van der Waals surface area (Å²) in [4.78, 5) is 12.5. The summed E-state index contributed by atoms with van der Waals surface area (Å²) in [5, 5.41) is 0. The van der Waals surface area contributed by atoms with Crippen molar-refractivity contribution >= 4 is 6.29 Å². The maximum absolute atomic E-state index is 10.3. The summed E-state index contributed by atoms with van der Waals surface area (Å²) in [6.45, 7) is 12.9. The van der Waals surface area contributed by atoms with E-state index >= 15 is 0 Å². The number of carbonyl (C=O) groups is 1. The summed E-state index contributed by atoms with van der Waals surface area (Å²) in [5.74, 6) is 0.309. The second-order valence-electron chi connectivity index (χ2n) is 3.38. The van der Waals surface area contributed by atoms with Gasteiger partial charge in [0.2, 0.25) is 0 Å². The molecule has 0 aliphatic carbocycles. The van der Waals surface area contributed by atoms with E-state index in [0.717, 1.165) is 32.4 Å². The van der Waals surface area contributed by atoms with Gasteiger partial charge in [0.05, 0.1) is 0 Å². The Hall–Kier alpha value is -0.410. The van der Waals surface area contributed by atoms with Gasteiger partial charge in [-0.05, 0) is 33.4 Å². The summed E-state index contributed by atoms with van der Waals surface area (Å²) in [5.41, 5.74) is 0. The molecule has 1 unspecified atom stereocenters. The van der Waals surface area contributed by atoms with Crippen LogP contribution in [0.25, 0.3) is 0 Å². The van der Waals surface area contributed by atoms with Gasteiger partial charge in [0.15, 0.2) is 0 Å². The van der Waals surface area contributed by atoms with Crippen LogP contribution in [0.2, 0.25) is 0 Å². The zero-order chi connectivity index (χ0) is 14.1. The van der Waals surface area contributed by atoms with E-state index in [-0.39, 0.29) is 0 Å². The first-order valence-electron chi connectivity index (χ1n) is 6.87. The molecule has 3 heteroatoms. The third-order valence-corrected chi connectivity index (χ3v) is 2.14. The van der Waals surface area contributed by atoms with Gasteiger partial charge in [-0.25, -0.2) is 0 Å². The lowest BCUT2D eigenvalue weighted by molar-refractivity contribution is -0.112. The van der Waals surface area contributed by atoms with Crippen molar-refractivity contribution in [3.8, 4) is 0 Å². The van der Waals surface area contributed by atoms with Crippen molar-refractivity contribution in [1.29, 1.82) is 0 Å². The molecule has 0 aromatic rings. The van der Waals surface area contributed by atoms with Crippen LogP contribution in [0.5, 0.6) is 0 Å². The highest BCUT2D eigenvalue weighted by Crippen LogP contribution is 2.11. The van der Waals surface area contributed by atoms with Crippen molar-refractivity contribution in [2.24, 2.45) is 5.92 Å². The van der Waals surface area contributed by atoms with Crippen molar-refractivity contribution in [3.05, 3.63) is 0 Å². The lowest BCUT2D eigenvalue weighted by atomic mass is 10.0. The summed E-state index contributed by atoms with van der Waals surface area (Å²) in [6, 6.07) is 0. The maximum Gasteiger partial charge on any atom is 0.124 e. The smallest absolute Gasteiger partial charge is 0.124 e. The molecule has 0 aromatic carbocycles. The Morgan fingerprint density at radius 3 is 2.00 bits per heavy atom. The Morgan fingerprint density at radius 1 is 1.29 bits per heavy atom. The quantitative estimate of drug-likeness (QED) is 0.702. The molecule has 0 spiro atoms. The first-order chi connectivity index (χ1) is 8.24. The molecular formula is C14H33NO2. The molecule has 1 saturated heterocycles. The second-order valence-corrected chi connectivity index (χ2v) is 3.38. The summed E-state index contributed by atoms with van der Waals surface area (Å²) < 4.78 is 4.54. The van der Waals surface area contributed by atoms with Gasteiger partial charge in [-0.15, -0.1) is 0 Å². The third-order valence-electron chi connectivity index (χ3n) is 2.14. The van der Waals surface area contributed by atoms with Crippen LogP contribution < -0.4 is 0 Å². The molecule has 0 bridgehead atoms. The predicted octanol–water partition coefficient (Wildman–Crippen LogP) is 3.23. The van der Waals surface area contributed by atoms with Gasteiger partial charge in [-0.3, -0.25) is 0 Å². The number of likely N-dealkylation sites (tertiary alicyclic amines) is 1. The average molecular weight is 247 g/mol. The summed E-state index contributed by atoms with van der Waals surface area (Å²) in [6.07, 6.45) is 3.35. The van der Waals surface area contributed by atoms with Crippen LogP contribution in [-0.4, -0.2) is 45.0 Å². The Kier molecular flexibility index (Phi) is 26.9. The largest absolute Gasteiger partial charge is 0.385 e. The van der Waals surface area contributed by atoms with Crippen LogP contribution in [-0.2, 0) is 9.53 Å². The average Bonchev–Trinajstić information content (AvgIpc) is 2.43. The van der Waals surface area contributed by atoms with Crippen LogP contribution in [0.3, 0.4) is 0 Å². The highest BCUT2D eigenvalue weighted by molar-refractivity contribution is 5.53. The van der Waals surface area contributed by atoms with Gasteiger partial charge in [-0.1, -0.05) is 27.7 Å². The molecule has 0 N–H and O–H groups in total. The van der Waals surface area contributed by atoms with Gasteiger partial charge >= 0.3 is 0 Å². The normalized spacial score (nSPS) is 18.4. The molecule has 3 nitrogen and oxygen atoms in total. The fraction of sp³-hybridized carbons (Fsp3) is 0.929. The van der Waals surface area contributed by atoms with E-state index in [9.17, 15) is 4.79 Å². The maximum atomic E-state index is 10.3. The van der Waals surface area contributed by atoms with Crippen molar-refractivity contribution in [2.45, 2.75) is 47.5 Å². The number of piperidine rings is 1. The molecule has 1 atom stereocenters. The molecular weight excluding hydrogens is 214 g/mol. The van der Waals surface area contributed by atoms with E-state index in [2.05, 4.69) is 16.7 Å². The molecule has 1 aliphatic heterocycles. The van der Waals surface area contributed by atoms with E-state index in [1.165, 1.54) is 6.42 Å². The van der Waals surface area contributed by atoms with Gasteiger partial charge in [0.1, 0.15) is 6.29 Å². The zero-order valence-electron chi connectivity index (χ0n) is 13.0. The lowest BCUT2D eigenvalue weighted by Crippen LogP contribution is -2.32. The first-order valence-corrected chi connectivity index (χ1v) is 6.87. The number of methoxy groups -OCH3 is 1. The standard InChI is InChI=1S/C7H13NO.C3H8O.2C2H6/c1-8-4-2-3-7(5-8)6-9;1-3-4-2;2*1-2/h6-7H,2-5H2,1H3;3H2,1-2H3;2*1-2H3. The molecule has 1 fully saturated rings. The zero-order valence-corrected chi connectivity index (χ0v) is 13.0. The molecule has 1 aliphatic rings. The molecule has 0 aromatic heterocycles. The predicted molar refractivity (Wildman–Crippen MR) is 76.5 cm³/mol. The van der Waals surface area contributed by atoms with Gasteiger partial charge < -0.3 is 14.4 Å². The minimum Gasteiger partial charge on any atom is -0.385 e. The third kappa shape index (κ3) is 18.2. The monoisotopic (exact) mass is 247 g/mol. The minimum absolute atomic E-state index is 0.309. The number of rotatable bonds is 2. The highest BCUT2D eigenvalue weighted by atomic mass is 16.5. The molecule has 0 amide bonds. The Bertz CT molecular complexity index is 127. The molecule has 17 heavy (non-hydrogen) atoms. The molecule has 1 heterocycles. The van der Waals surface area contributed by atoms with E-state index in [4.69, 9.17) is 0 Å². The van der Waals surface area contributed by atoms with Crippen molar-refractivity contribution < 1.29 is 9.53 Å². The highest BCUT2D eigenvalue weighted by Gasteiger charge is 2.15. The summed E-state index contributed by atoms with van der Waals surface area (Å²) >= 11 is 0.